The Morgan fingerprint density at radius 2 is 2.00 bits per heavy atom. The first-order valence-corrected chi connectivity index (χ1v) is 10.8. The van der Waals surface area contributed by atoms with Crippen LogP contribution < -0.4 is 5.32 Å². The Kier molecular flexibility index (Phi) is 8.58. The molecular formula is C22H36IN5O. The van der Waals surface area contributed by atoms with Crippen molar-refractivity contribution in [2.24, 2.45) is 10.9 Å². The number of fused-ring (bicyclic) bond motifs is 1. The van der Waals surface area contributed by atoms with Crippen LogP contribution in [0.15, 0.2) is 35.3 Å². The Balaban J connectivity index is 0.00000240. The normalized spacial score (nSPS) is 28.3. The Morgan fingerprint density at radius 1 is 1.17 bits per heavy atom. The fraction of sp³-hybridized carbons (Fsp3) is 0.682. The van der Waals surface area contributed by atoms with Gasteiger partial charge in [0.1, 0.15) is 0 Å². The fourth-order valence-electron chi connectivity index (χ4n) is 4.88. The molecule has 0 radical (unpaired) electrons. The zero-order chi connectivity index (χ0) is 19.3. The fourth-order valence-corrected chi connectivity index (χ4v) is 4.88. The molecule has 0 aromatic heterocycles. The van der Waals surface area contributed by atoms with Crippen molar-refractivity contribution in [2.75, 3.05) is 59.5 Å². The summed E-state index contributed by atoms with van der Waals surface area (Å²) in [5.41, 5.74) is 1.38. The number of benzene rings is 1. The van der Waals surface area contributed by atoms with E-state index >= 15 is 0 Å². The molecule has 3 unspecified atom stereocenters. The van der Waals surface area contributed by atoms with E-state index in [-0.39, 0.29) is 30.1 Å². The van der Waals surface area contributed by atoms with Gasteiger partial charge in [-0.15, -0.1) is 24.0 Å². The van der Waals surface area contributed by atoms with Crippen LogP contribution in [0.1, 0.15) is 18.9 Å². The molecule has 3 fully saturated rings. The lowest BCUT2D eigenvalue weighted by Crippen LogP contribution is -2.50. The van der Waals surface area contributed by atoms with E-state index < -0.39 is 0 Å². The van der Waals surface area contributed by atoms with Gasteiger partial charge in [0.2, 0.25) is 0 Å². The minimum atomic E-state index is 0. The third-order valence-corrected chi connectivity index (χ3v) is 6.52. The smallest absolute Gasteiger partial charge is 0.193 e. The zero-order valence-corrected chi connectivity index (χ0v) is 20.1. The van der Waals surface area contributed by atoms with Crippen LogP contribution in [-0.2, 0) is 11.3 Å². The van der Waals surface area contributed by atoms with Crippen molar-refractivity contribution in [3.05, 3.63) is 35.9 Å². The van der Waals surface area contributed by atoms with Crippen molar-refractivity contribution >= 4 is 29.9 Å². The number of hydrogen-bond acceptors (Lipinski definition) is 4. The van der Waals surface area contributed by atoms with E-state index in [1.54, 1.807) is 0 Å². The van der Waals surface area contributed by atoms with E-state index in [9.17, 15) is 0 Å². The predicted molar refractivity (Wildman–Crippen MR) is 129 cm³/mol. The van der Waals surface area contributed by atoms with Gasteiger partial charge in [0.15, 0.2) is 5.96 Å². The number of aliphatic imine (C=N–C) groups is 1. The number of rotatable bonds is 5. The predicted octanol–water partition coefficient (Wildman–Crippen LogP) is 2.11. The van der Waals surface area contributed by atoms with Crippen LogP contribution in [0.3, 0.4) is 0 Å². The maximum atomic E-state index is 6.13. The zero-order valence-electron chi connectivity index (χ0n) is 17.8. The van der Waals surface area contributed by atoms with Crippen LogP contribution in [0.5, 0.6) is 0 Å². The van der Waals surface area contributed by atoms with Crippen molar-refractivity contribution in [3.63, 3.8) is 0 Å². The van der Waals surface area contributed by atoms with E-state index in [0.717, 1.165) is 57.8 Å². The second kappa shape index (κ2) is 10.9. The third kappa shape index (κ3) is 5.62. The molecule has 0 spiro atoms. The lowest BCUT2D eigenvalue weighted by atomic mass is 10.1. The topological polar surface area (TPSA) is 43.3 Å². The lowest BCUT2D eigenvalue weighted by molar-refractivity contribution is -0.0502. The SMILES string of the molecule is CCN1CCC(CNC(=NC)N2CC3OCCN(Cc4ccccc4)C3C2)C1.I. The summed E-state index contributed by atoms with van der Waals surface area (Å²) < 4.78 is 6.13. The lowest BCUT2D eigenvalue weighted by Gasteiger charge is -2.36. The Bertz CT molecular complexity index is 658. The van der Waals surface area contributed by atoms with Crippen LogP contribution in [0.25, 0.3) is 0 Å². The number of nitrogens with one attached hydrogen (secondary N) is 1. The number of halogens is 1. The Labute approximate surface area is 192 Å². The first-order chi connectivity index (χ1) is 13.8. The molecule has 0 saturated carbocycles. The maximum Gasteiger partial charge on any atom is 0.193 e. The van der Waals surface area contributed by atoms with Gasteiger partial charge in [-0.2, -0.15) is 0 Å². The summed E-state index contributed by atoms with van der Waals surface area (Å²) >= 11 is 0. The van der Waals surface area contributed by atoms with E-state index in [1.165, 1.54) is 25.1 Å². The first-order valence-electron chi connectivity index (χ1n) is 10.8. The van der Waals surface area contributed by atoms with E-state index in [4.69, 9.17) is 4.74 Å². The number of ether oxygens (including phenoxy) is 1. The number of hydrogen-bond donors (Lipinski definition) is 1. The van der Waals surface area contributed by atoms with E-state index in [1.807, 2.05) is 7.05 Å². The van der Waals surface area contributed by atoms with Gasteiger partial charge < -0.3 is 19.9 Å². The summed E-state index contributed by atoms with van der Waals surface area (Å²) in [6.45, 7) is 11.6. The van der Waals surface area contributed by atoms with Crippen LogP contribution >= 0.6 is 24.0 Å². The highest BCUT2D eigenvalue weighted by molar-refractivity contribution is 14.0. The van der Waals surface area contributed by atoms with E-state index in [0.29, 0.717) is 6.04 Å². The molecule has 0 amide bonds. The largest absolute Gasteiger partial charge is 0.373 e. The highest BCUT2D eigenvalue weighted by Gasteiger charge is 2.41. The van der Waals surface area contributed by atoms with Crippen molar-refractivity contribution in [1.82, 2.24) is 20.0 Å². The molecule has 1 aromatic rings. The number of morpholine rings is 1. The van der Waals surface area contributed by atoms with Crippen LogP contribution in [0.4, 0.5) is 0 Å². The average molecular weight is 513 g/mol. The minimum absolute atomic E-state index is 0. The summed E-state index contributed by atoms with van der Waals surface area (Å²) in [5.74, 6) is 1.76. The number of guanidine groups is 1. The number of likely N-dealkylation sites (tertiary alicyclic amines) is 2. The monoisotopic (exact) mass is 513 g/mol. The third-order valence-electron chi connectivity index (χ3n) is 6.52. The summed E-state index contributed by atoms with van der Waals surface area (Å²) in [6, 6.07) is 11.2. The molecule has 29 heavy (non-hydrogen) atoms. The molecule has 3 aliphatic rings. The van der Waals surface area contributed by atoms with Gasteiger partial charge in [-0.3, -0.25) is 9.89 Å². The molecule has 0 bridgehead atoms. The highest BCUT2D eigenvalue weighted by Crippen LogP contribution is 2.25. The molecule has 0 aliphatic carbocycles. The molecule has 1 N–H and O–H groups in total. The van der Waals surface area contributed by atoms with Gasteiger partial charge in [-0.25, -0.2) is 0 Å². The van der Waals surface area contributed by atoms with Crippen molar-refractivity contribution in [2.45, 2.75) is 32.0 Å². The van der Waals surface area contributed by atoms with Crippen LogP contribution in [-0.4, -0.2) is 92.3 Å². The summed E-state index contributed by atoms with van der Waals surface area (Å²) in [7, 11) is 1.90. The maximum absolute atomic E-state index is 6.13. The number of nitrogens with zero attached hydrogens (tertiary/aromatic N) is 4. The van der Waals surface area contributed by atoms with Gasteiger partial charge in [0, 0.05) is 46.3 Å². The molecule has 3 saturated heterocycles. The average Bonchev–Trinajstić information content (AvgIpc) is 3.37. The molecule has 6 nitrogen and oxygen atoms in total. The molecule has 162 valence electrons. The molecule has 3 heterocycles. The van der Waals surface area contributed by atoms with Gasteiger partial charge in [-0.1, -0.05) is 37.3 Å². The summed E-state index contributed by atoms with van der Waals surface area (Å²) in [4.78, 5) is 12.1. The van der Waals surface area contributed by atoms with E-state index in [2.05, 4.69) is 62.3 Å². The van der Waals surface area contributed by atoms with Crippen molar-refractivity contribution in [1.29, 1.82) is 0 Å². The molecule has 7 heteroatoms. The molecule has 1 aromatic carbocycles. The summed E-state index contributed by atoms with van der Waals surface area (Å²) in [6.07, 6.45) is 1.56. The van der Waals surface area contributed by atoms with Crippen LogP contribution in [0, 0.1) is 5.92 Å². The standard InChI is InChI=1S/C22H35N5O.HI/c1-3-25-10-9-19(14-25)13-24-22(23-2)27-16-20-21(17-27)28-12-11-26(20)15-18-7-5-4-6-8-18;/h4-8,19-21H,3,9-17H2,1-2H3,(H,23,24);1H. The van der Waals surface area contributed by atoms with Gasteiger partial charge in [0.05, 0.1) is 18.8 Å². The first kappa shape index (κ1) is 22.8. The summed E-state index contributed by atoms with van der Waals surface area (Å²) in [5, 5.41) is 3.65. The van der Waals surface area contributed by atoms with Gasteiger partial charge in [0.25, 0.3) is 0 Å². The van der Waals surface area contributed by atoms with Crippen LogP contribution in [0.2, 0.25) is 0 Å². The second-order valence-electron chi connectivity index (χ2n) is 8.31. The van der Waals surface area contributed by atoms with Crippen molar-refractivity contribution in [3.8, 4) is 0 Å². The van der Waals surface area contributed by atoms with Gasteiger partial charge in [-0.05, 0) is 31.0 Å². The minimum Gasteiger partial charge on any atom is -0.373 e. The molecule has 4 rings (SSSR count). The van der Waals surface area contributed by atoms with Gasteiger partial charge >= 0.3 is 0 Å². The molecule has 3 atom stereocenters. The Morgan fingerprint density at radius 3 is 2.72 bits per heavy atom. The van der Waals surface area contributed by atoms with Crippen molar-refractivity contribution < 1.29 is 4.74 Å². The quantitative estimate of drug-likeness (QED) is 0.371. The second-order valence-corrected chi connectivity index (χ2v) is 8.31. The highest BCUT2D eigenvalue weighted by atomic mass is 127. The molecular weight excluding hydrogens is 477 g/mol. The molecule has 3 aliphatic heterocycles. The Hall–Kier alpha value is -0.900.